The van der Waals surface area contributed by atoms with Crippen LogP contribution in [0.4, 0.5) is 0 Å². The topological polar surface area (TPSA) is 178 Å². The Bertz CT molecular complexity index is 1480. The van der Waals surface area contributed by atoms with E-state index in [1.54, 1.807) is 20.8 Å². The predicted molar refractivity (Wildman–Crippen MR) is 129 cm³/mol. The minimum Gasteiger partial charge on any atom is -0.507 e. The van der Waals surface area contributed by atoms with Crippen molar-refractivity contribution in [2.24, 2.45) is 0 Å². The van der Waals surface area contributed by atoms with Crippen LogP contribution in [0.25, 0.3) is 0 Å². The molecule has 12 nitrogen and oxygen atoms in total. The van der Waals surface area contributed by atoms with Crippen LogP contribution in [0.15, 0.2) is 11.1 Å². The van der Waals surface area contributed by atoms with Crippen LogP contribution in [0.3, 0.4) is 0 Å². The van der Waals surface area contributed by atoms with Gasteiger partial charge in [-0.25, -0.2) is 0 Å². The van der Waals surface area contributed by atoms with Gasteiger partial charge in [-0.2, -0.15) is 0 Å². The van der Waals surface area contributed by atoms with E-state index in [1.165, 1.54) is 0 Å². The fraction of sp³-hybridized carbons (Fsp3) is 0.607. The number of aliphatic hydroxyl groups is 2. The van der Waals surface area contributed by atoms with E-state index in [4.69, 9.17) is 23.7 Å². The average Bonchev–Trinajstić information content (AvgIpc) is 3.14. The van der Waals surface area contributed by atoms with E-state index in [1.807, 2.05) is 0 Å². The molecular weight excluding hydrogens is 528 g/mol. The van der Waals surface area contributed by atoms with Gasteiger partial charge < -0.3 is 44.1 Å². The Morgan fingerprint density at radius 2 is 1.62 bits per heavy atom. The Balaban J connectivity index is 1.24. The number of aromatic hydroxyl groups is 2. The van der Waals surface area contributed by atoms with Crippen LogP contribution >= 0.6 is 0 Å². The smallest absolute Gasteiger partial charge is 0.309 e. The van der Waals surface area contributed by atoms with Gasteiger partial charge in [0.2, 0.25) is 0 Å². The van der Waals surface area contributed by atoms with Crippen molar-refractivity contribution in [2.75, 3.05) is 0 Å². The molecule has 7 aliphatic rings. The molecule has 1 spiro atoms. The highest BCUT2D eigenvalue weighted by Gasteiger charge is 2.93. The van der Waals surface area contributed by atoms with Gasteiger partial charge in [-0.3, -0.25) is 14.4 Å². The Kier molecular flexibility index (Phi) is 4.66. The predicted octanol–water partition coefficient (Wildman–Crippen LogP) is 0.603. The lowest BCUT2D eigenvalue weighted by molar-refractivity contribution is -0.238. The quantitative estimate of drug-likeness (QED) is 0.295. The first kappa shape index (κ1) is 24.9. The number of fused-ring (bicyclic) bond motifs is 5. The highest BCUT2D eigenvalue weighted by atomic mass is 16.7. The van der Waals surface area contributed by atoms with E-state index in [0.717, 1.165) is 0 Å². The molecule has 12 heteroatoms. The maximum absolute atomic E-state index is 13.9. The number of benzene rings is 1. The van der Waals surface area contributed by atoms with Crippen molar-refractivity contribution < 1.29 is 58.5 Å². The molecule has 1 saturated carbocycles. The molecule has 0 aromatic heterocycles. The van der Waals surface area contributed by atoms with Crippen LogP contribution in [-0.2, 0) is 33.9 Å². The number of Topliss-reactive ketones (excluding diaryl/α,β-unsaturated/α-hetero) is 2. The number of aliphatic hydroxyl groups excluding tert-OH is 1. The molecule has 3 saturated heterocycles. The van der Waals surface area contributed by atoms with Gasteiger partial charge >= 0.3 is 5.97 Å². The minimum absolute atomic E-state index is 0.0328. The van der Waals surface area contributed by atoms with Gasteiger partial charge in [0, 0.05) is 23.1 Å². The van der Waals surface area contributed by atoms with Crippen LogP contribution in [0.2, 0.25) is 0 Å². The first-order chi connectivity index (χ1) is 18.9. The van der Waals surface area contributed by atoms with E-state index in [9.17, 15) is 34.8 Å². The number of hydrogen-bond acceptors (Lipinski definition) is 12. The first-order valence-electron chi connectivity index (χ1n) is 13.6. The van der Waals surface area contributed by atoms with Gasteiger partial charge in [0.1, 0.15) is 35.4 Å². The highest BCUT2D eigenvalue weighted by Crippen LogP contribution is 2.82. The summed E-state index contributed by atoms with van der Waals surface area (Å²) >= 11 is 0. The molecule has 4 fully saturated rings. The second kappa shape index (κ2) is 7.50. The minimum atomic E-state index is -1.59. The van der Waals surface area contributed by atoms with Crippen LogP contribution < -0.4 is 0 Å². The van der Waals surface area contributed by atoms with Crippen molar-refractivity contribution in [1.82, 2.24) is 0 Å². The zero-order valence-corrected chi connectivity index (χ0v) is 21.9. The van der Waals surface area contributed by atoms with E-state index >= 15 is 0 Å². The summed E-state index contributed by atoms with van der Waals surface area (Å²) in [6.07, 6.45) is -6.35. The fourth-order valence-electron chi connectivity index (χ4n) is 8.15. The number of ether oxygens (including phenoxy) is 5. The van der Waals surface area contributed by atoms with Crippen molar-refractivity contribution in [3.63, 3.8) is 0 Å². The maximum Gasteiger partial charge on any atom is 0.309 e. The van der Waals surface area contributed by atoms with E-state index in [-0.39, 0.29) is 39.8 Å². The zero-order chi connectivity index (χ0) is 28.2. The Morgan fingerprint density at radius 3 is 2.35 bits per heavy atom. The highest BCUT2D eigenvalue weighted by molar-refractivity contribution is 6.30. The molecule has 0 bridgehead atoms. The number of phenols is 2. The Hall–Kier alpha value is -2.87. The number of rotatable bonds is 2. The number of phenolic OH excluding ortho intramolecular Hbond substituents is 2. The third kappa shape index (κ3) is 2.53. The zero-order valence-electron chi connectivity index (χ0n) is 21.9. The van der Waals surface area contributed by atoms with Crippen molar-refractivity contribution >= 4 is 17.5 Å². The second-order valence-corrected chi connectivity index (χ2v) is 11.9. The average molecular weight is 557 g/mol. The largest absolute Gasteiger partial charge is 0.507 e. The monoisotopic (exact) mass is 556 g/mol. The van der Waals surface area contributed by atoms with Crippen LogP contribution in [0.1, 0.15) is 78.0 Å². The molecule has 0 amide bonds. The lowest BCUT2D eigenvalue weighted by atomic mass is 9.65. The maximum atomic E-state index is 13.9. The molecule has 0 radical (unpaired) electrons. The molecule has 4 aliphatic heterocycles. The van der Waals surface area contributed by atoms with Gasteiger partial charge in [-0.1, -0.05) is 0 Å². The molecule has 4 heterocycles. The van der Waals surface area contributed by atoms with Crippen molar-refractivity contribution in [3.05, 3.63) is 33.4 Å². The summed E-state index contributed by atoms with van der Waals surface area (Å²) < 4.78 is 29.2. The third-order valence-electron chi connectivity index (χ3n) is 10.1. The fourth-order valence-corrected chi connectivity index (χ4v) is 8.15. The van der Waals surface area contributed by atoms with Crippen LogP contribution in [0.5, 0.6) is 11.5 Å². The second-order valence-electron chi connectivity index (χ2n) is 11.9. The lowest BCUT2D eigenvalue weighted by Gasteiger charge is -2.42. The van der Waals surface area contributed by atoms with Crippen LogP contribution in [-0.4, -0.2) is 92.6 Å². The Morgan fingerprint density at radius 1 is 0.925 bits per heavy atom. The number of carbonyl (C=O) groups is 3. The standard InChI is InChI=1S/C28H28O12/c1-7-10(29)4-5-13(37-7)40-26-27-19-18(25(27)38-9(3)28(26,27)35)22(33)15-16(23(19)34)20(31)14-8(2)36-11-6-12(30)39-24(11)17(14)21(15)32/h7-11,13,24-26,29,33-35H,4-6H2,1-3H3. The summed E-state index contributed by atoms with van der Waals surface area (Å²) in [5, 5.41) is 44.9. The summed E-state index contributed by atoms with van der Waals surface area (Å²) in [4.78, 5) is 39.8. The lowest BCUT2D eigenvalue weighted by Crippen LogP contribution is -2.45. The SMILES string of the molecule is CC1OC2CC(=O)OC2C2=C1C(=O)c1c(O)c3c(c(O)c1C2=O)C1OC(C)C2(O)C(OC4CCC(O)C(C)O4)C312. The number of esters is 1. The molecule has 3 aliphatic carbocycles. The summed E-state index contributed by atoms with van der Waals surface area (Å²) in [6.45, 7) is 4.95. The summed E-state index contributed by atoms with van der Waals surface area (Å²) in [5.74, 6) is -3.06. The van der Waals surface area contributed by atoms with Gasteiger partial charge in [0.25, 0.3) is 0 Å². The van der Waals surface area contributed by atoms with E-state index < -0.39 is 95.2 Å². The third-order valence-corrected chi connectivity index (χ3v) is 10.1. The van der Waals surface area contributed by atoms with Gasteiger partial charge in [-0.05, 0) is 27.2 Å². The Labute approximate surface area is 227 Å². The summed E-state index contributed by atoms with van der Waals surface area (Å²) in [7, 11) is 0. The van der Waals surface area contributed by atoms with Crippen LogP contribution in [0, 0.1) is 0 Å². The van der Waals surface area contributed by atoms with E-state index in [2.05, 4.69) is 0 Å². The number of hydrogen-bond donors (Lipinski definition) is 4. The summed E-state index contributed by atoms with van der Waals surface area (Å²) in [5.41, 5.74) is -3.51. The van der Waals surface area contributed by atoms with Gasteiger partial charge in [-0.15, -0.1) is 0 Å². The molecule has 1 aromatic carbocycles. The normalized spacial score (nSPS) is 46.0. The molecule has 4 N–H and O–H groups in total. The number of carbonyl (C=O) groups excluding carboxylic acids is 3. The van der Waals surface area contributed by atoms with Crippen molar-refractivity contribution in [2.45, 2.75) is 106 Å². The molecule has 40 heavy (non-hydrogen) atoms. The molecule has 11 unspecified atom stereocenters. The molecule has 1 aromatic rings. The summed E-state index contributed by atoms with van der Waals surface area (Å²) in [6, 6.07) is 0. The molecule has 212 valence electrons. The molecular formula is C28H28O12. The van der Waals surface area contributed by atoms with E-state index in [0.29, 0.717) is 12.8 Å². The van der Waals surface area contributed by atoms with Crippen molar-refractivity contribution in [3.8, 4) is 11.5 Å². The molecule has 8 rings (SSSR count). The first-order valence-corrected chi connectivity index (χ1v) is 13.6. The number of ketones is 2. The molecule has 11 atom stereocenters. The van der Waals surface area contributed by atoms with Gasteiger partial charge in [0.15, 0.2) is 24.0 Å². The van der Waals surface area contributed by atoms with Crippen molar-refractivity contribution in [1.29, 1.82) is 0 Å². The van der Waals surface area contributed by atoms with Gasteiger partial charge in [0.05, 0.1) is 53.0 Å².